The van der Waals surface area contributed by atoms with Gasteiger partial charge < -0.3 is 19.7 Å². The molecule has 3 aromatic carbocycles. The van der Waals surface area contributed by atoms with Gasteiger partial charge in [0.05, 0.1) is 25.5 Å². The molecule has 0 unspecified atom stereocenters. The minimum atomic E-state index is -1.91. The number of amides is 2. The molecule has 0 bridgehead atoms. The average molecular weight is 461 g/mol. The van der Waals surface area contributed by atoms with E-state index in [1.807, 2.05) is 0 Å². The monoisotopic (exact) mass is 461 g/mol. The normalized spacial score (nSPS) is 13.8. The highest BCUT2D eigenvalue weighted by Gasteiger charge is 2.42. The number of carboxylic acid groups (broad SMARTS) is 1. The smallest absolute Gasteiger partial charge is 0.337 e. The van der Waals surface area contributed by atoms with Crippen molar-refractivity contribution in [1.82, 2.24) is 0 Å². The Kier molecular flexibility index (Phi) is 6.08. The molecule has 1 fully saturated rings. The van der Waals surface area contributed by atoms with E-state index in [1.165, 1.54) is 32.4 Å². The van der Waals surface area contributed by atoms with Gasteiger partial charge in [0.2, 0.25) is 11.8 Å². The van der Waals surface area contributed by atoms with Crippen LogP contribution in [-0.4, -0.2) is 42.2 Å². The van der Waals surface area contributed by atoms with Crippen molar-refractivity contribution in [2.75, 3.05) is 19.1 Å². The summed E-state index contributed by atoms with van der Waals surface area (Å²) in [7, 11) is 3.04. The molecule has 174 valence electrons. The van der Waals surface area contributed by atoms with Crippen LogP contribution in [0.5, 0.6) is 11.5 Å². The minimum absolute atomic E-state index is 0.0320. The van der Waals surface area contributed by atoms with Crippen molar-refractivity contribution in [2.45, 2.75) is 18.4 Å². The first-order valence-corrected chi connectivity index (χ1v) is 10.5. The third kappa shape index (κ3) is 3.78. The number of aromatic carboxylic acids is 1. The molecule has 34 heavy (non-hydrogen) atoms. The van der Waals surface area contributed by atoms with Gasteiger partial charge in [-0.15, -0.1) is 0 Å². The number of hydrogen-bond donors (Lipinski definition) is 2. The van der Waals surface area contributed by atoms with Crippen molar-refractivity contribution in [2.24, 2.45) is 0 Å². The predicted octanol–water partition coefficient (Wildman–Crippen LogP) is 3.34. The molecule has 0 radical (unpaired) electrons. The zero-order valence-corrected chi connectivity index (χ0v) is 18.6. The van der Waals surface area contributed by atoms with E-state index in [9.17, 15) is 24.6 Å². The molecule has 0 saturated carbocycles. The van der Waals surface area contributed by atoms with E-state index < -0.39 is 23.4 Å². The van der Waals surface area contributed by atoms with Crippen molar-refractivity contribution >= 4 is 23.5 Å². The molecule has 1 saturated heterocycles. The van der Waals surface area contributed by atoms with Crippen molar-refractivity contribution in [1.29, 1.82) is 0 Å². The van der Waals surface area contributed by atoms with Crippen LogP contribution < -0.4 is 14.4 Å². The maximum atomic E-state index is 12.7. The van der Waals surface area contributed by atoms with Crippen LogP contribution in [0.15, 0.2) is 66.7 Å². The highest BCUT2D eigenvalue weighted by atomic mass is 16.5. The first kappa shape index (κ1) is 23.0. The average Bonchev–Trinajstić information content (AvgIpc) is 3.20. The fraction of sp³-hybridized carbons (Fsp3) is 0.192. The van der Waals surface area contributed by atoms with Crippen molar-refractivity contribution in [3.63, 3.8) is 0 Å². The summed E-state index contributed by atoms with van der Waals surface area (Å²) in [5, 5.41) is 22.3. The number of para-hydroxylation sites is 1. The maximum absolute atomic E-state index is 12.7. The highest BCUT2D eigenvalue weighted by molar-refractivity contribution is 6.22. The van der Waals surface area contributed by atoms with Gasteiger partial charge >= 0.3 is 5.97 Å². The van der Waals surface area contributed by atoms with E-state index >= 15 is 0 Å². The number of carbonyl (C=O) groups is 3. The molecule has 2 N–H and O–H groups in total. The molecule has 0 aromatic heterocycles. The van der Waals surface area contributed by atoms with Gasteiger partial charge in [0.25, 0.3) is 0 Å². The van der Waals surface area contributed by atoms with E-state index in [0.717, 1.165) is 4.90 Å². The van der Waals surface area contributed by atoms with Gasteiger partial charge in [0, 0.05) is 18.4 Å². The minimum Gasteiger partial charge on any atom is -0.497 e. The molecule has 0 spiro atoms. The summed E-state index contributed by atoms with van der Waals surface area (Å²) in [6.07, 6.45) is -0.0640. The molecule has 2 amide bonds. The molecular weight excluding hydrogens is 438 g/mol. The predicted molar refractivity (Wildman–Crippen MR) is 123 cm³/mol. The molecule has 8 heteroatoms. The quantitative estimate of drug-likeness (QED) is 0.410. The number of ether oxygens (including phenoxy) is 2. The number of rotatable bonds is 7. The Morgan fingerprint density at radius 2 is 1.29 bits per heavy atom. The van der Waals surface area contributed by atoms with Crippen LogP contribution in [0.2, 0.25) is 0 Å². The molecule has 1 aliphatic heterocycles. The fourth-order valence-corrected chi connectivity index (χ4v) is 4.22. The summed E-state index contributed by atoms with van der Waals surface area (Å²) in [6, 6.07) is 17.5. The fourth-order valence-electron chi connectivity index (χ4n) is 4.22. The van der Waals surface area contributed by atoms with Crippen molar-refractivity contribution in [3.8, 4) is 11.5 Å². The third-order valence-corrected chi connectivity index (χ3v) is 5.95. The molecule has 0 aliphatic carbocycles. The Hall–Kier alpha value is -4.17. The Bertz CT molecular complexity index is 1190. The Labute approximate surface area is 196 Å². The van der Waals surface area contributed by atoms with Gasteiger partial charge in [0.1, 0.15) is 17.1 Å². The van der Waals surface area contributed by atoms with Gasteiger partial charge in [-0.25, -0.2) is 9.69 Å². The summed E-state index contributed by atoms with van der Waals surface area (Å²) >= 11 is 0. The van der Waals surface area contributed by atoms with Crippen LogP contribution in [0.4, 0.5) is 5.69 Å². The standard InChI is InChI=1S/C26H23NO7/c1-33-18-10-6-16(7-11-18)26(32,17-8-12-19(34-2)13-9-17)21-5-3-4-20(25(30)31)24(21)27-22(28)14-15-23(27)29/h3-13,32H,14-15H2,1-2H3,(H,30,31). The summed E-state index contributed by atoms with van der Waals surface area (Å²) in [5.41, 5.74) is -1.45. The van der Waals surface area contributed by atoms with E-state index in [0.29, 0.717) is 22.6 Å². The van der Waals surface area contributed by atoms with E-state index in [4.69, 9.17) is 9.47 Å². The van der Waals surface area contributed by atoms with Gasteiger partial charge in [-0.1, -0.05) is 36.4 Å². The topological polar surface area (TPSA) is 113 Å². The molecular formula is C26H23NO7. The zero-order chi connectivity index (χ0) is 24.5. The lowest BCUT2D eigenvalue weighted by Crippen LogP contribution is -2.36. The number of hydrogen-bond acceptors (Lipinski definition) is 6. The summed E-state index contributed by atoms with van der Waals surface area (Å²) in [5.74, 6) is -1.25. The molecule has 3 aromatic rings. The Morgan fingerprint density at radius 3 is 1.71 bits per heavy atom. The van der Waals surface area contributed by atoms with E-state index in [1.54, 1.807) is 48.5 Å². The van der Waals surface area contributed by atoms with Crippen LogP contribution in [0.1, 0.15) is 39.9 Å². The summed E-state index contributed by atoms with van der Waals surface area (Å²) in [6.45, 7) is 0. The van der Waals surface area contributed by atoms with Gasteiger partial charge in [-0.2, -0.15) is 0 Å². The van der Waals surface area contributed by atoms with Crippen LogP contribution in [-0.2, 0) is 15.2 Å². The second kappa shape index (κ2) is 8.99. The third-order valence-electron chi connectivity index (χ3n) is 5.95. The summed E-state index contributed by atoms with van der Waals surface area (Å²) < 4.78 is 10.5. The number of nitrogens with zero attached hydrogens (tertiary/aromatic N) is 1. The number of carbonyl (C=O) groups excluding carboxylic acids is 2. The van der Waals surface area contributed by atoms with Gasteiger partial charge in [0.15, 0.2) is 0 Å². The molecule has 1 aliphatic rings. The van der Waals surface area contributed by atoms with Crippen LogP contribution in [0.3, 0.4) is 0 Å². The highest BCUT2D eigenvalue weighted by Crippen LogP contribution is 2.44. The van der Waals surface area contributed by atoms with Crippen molar-refractivity contribution in [3.05, 3.63) is 89.0 Å². The first-order valence-electron chi connectivity index (χ1n) is 10.5. The zero-order valence-electron chi connectivity index (χ0n) is 18.6. The number of benzene rings is 3. The molecule has 1 heterocycles. The van der Waals surface area contributed by atoms with E-state index in [-0.39, 0.29) is 29.7 Å². The second-order valence-electron chi connectivity index (χ2n) is 7.80. The first-order chi connectivity index (χ1) is 16.3. The maximum Gasteiger partial charge on any atom is 0.337 e. The van der Waals surface area contributed by atoms with Crippen LogP contribution >= 0.6 is 0 Å². The molecule has 8 nitrogen and oxygen atoms in total. The SMILES string of the molecule is COc1ccc(C(O)(c2ccc(OC)cc2)c2cccc(C(=O)O)c2N2C(=O)CCC2=O)cc1. The lowest BCUT2D eigenvalue weighted by atomic mass is 9.78. The molecule has 0 atom stereocenters. The van der Waals surface area contributed by atoms with Gasteiger partial charge in [-0.3, -0.25) is 9.59 Å². The van der Waals surface area contributed by atoms with Gasteiger partial charge in [-0.05, 0) is 41.5 Å². The number of carboxylic acids is 1. The number of anilines is 1. The number of imide groups is 1. The van der Waals surface area contributed by atoms with Crippen LogP contribution in [0, 0.1) is 0 Å². The Balaban J connectivity index is 2.05. The van der Waals surface area contributed by atoms with E-state index in [2.05, 4.69) is 0 Å². The largest absolute Gasteiger partial charge is 0.497 e. The lowest BCUT2D eigenvalue weighted by Gasteiger charge is -2.34. The lowest BCUT2D eigenvalue weighted by molar-refractivity contribution is -0.121. The van der Waals surface area contributed by atoms with Crippen molar-refractivity contribution < 1.29 is 34.1 Å². The summed E-state index contributed by atoms with van der Waals surface area (Å²) in [4.78, 5) is 38.4. The Morgan fingerprint density at radius 1 is 0.824 bits per heavy atom. The van der Waals surface area contributed by atoms with Crippen LogP contribution in [0.25, 0.3) is 0 Å². The molecule has 4 rings (SSSR count). The number of aliphatic hydroxyl groups is 1. The number of methoxy groups -OCH3 is 2. The second-order valence-corrected chi connectivity index (χ2v) is 7.80.